The topological polar surface area (TPSA) is 50.3 Å². The van der Waals surface area contributed by atoms with Crippen molar-refractivity contribution in [2.24, 2.45) is 0 Å². The minimum Gasteiger partial charge on any atom is -0.383 e. The summed E-state index contributed by atoms with van der Waals surface area (Å²) < 4.78 is 5.00. The van der Waals surface area contributed by atoms with Crippen LogP contribution in [0.2, 0.25) is 0 Å². The standard InChI is InChI=1S/C14H24N4OS/c1-11-12(2)20-7-5-18(11)14-16-9-13(10-17-14)8-15-4-6-19-3/h9-12,15H,4-8H2,1-3H3. The van der Waals surface area contributed by atoms with Crippen molar-refractivity contribution in [1.82, 2.24) is 15.3 Å². The number of methoxy groups -OCH3 is 1. The first-order chi connectivity index (χ1) is 9.72. The van der Waals surface area contributed by atoms with E-state index in [1.807, 2.05) is 24.2 Å². The van der Waals surface area contributed by atoms with E-state index >= 15 is 0 Å². The maximum absolute atomic E-state index is 5.00. The van der Waals surface area contributed by atoms with Crippen molar-refractivity contribution >= 4 is 17.7 Å². The molecule has 20 heavy (non-hydrogen) atoms. The molecule has 0 aromatic carbocycles. The summed E-state index contributed by atoms with van der Waals surface area (Å²) in [6.45, 7) is 7.90. The van der Waals surface area contributed by atoms with Crippen LogP contribution in [0, 0.1) is 0 Å². The molecule has 2 rings (SSSR count). The fraction of sp³-hybridized carbons (Fsp3) is 0.714. The van der Waals surface area contributed by atoms with Crippen LogP contribution in [-0.4, -0.2) is 53.8 Å². The number of nitrogens with one attached hydrogen (secondary N) is 1. The summed E-state index contributed by atoms with van der Waals surface area (Å²) in [6.07, 6.45) is 3.84. The first-order valence-electron chi connectivity index (χ1n) is 7.11. The average molecular weight is 296 g/mol. The van der Waals surface area contributed by atoms with Crippen LogP contribution in [0.25, 0.3) is 0 Å². The zero-order valence-corrected chi connectivity index (χ0v) is 13.3. The normalized spacial score (nSPS) is 23.1. The van der Waals surface area contributed by atoms with Crippen molar-refractivity contribution in [3.63, 3.8) is 0 Å². The molecule has 1 aliphatic heterocycles. The first-order valence-corrected chi connectivity index (χ1v) is 8.16. The van der Waals surface area contributed by atoms with Crippen LogP contribution in [-0.2, 0) is 11.3 Å². The summed E-state index contributed by atoms with van der Waals surface area (Å²) >= 11 is 2.02. The molecule has 1 aromatic rings. The molecular formula is C14H24N4OS. The monoisotopic (exact) mass is 296 g/mol. The second-order valence-corrected chi connectivity index (χ2v) is 6.56. The number of aromatic nitrogens is 2. The van der Waals surface area contributed by atoms with Crippen LogP contribution >= 0.6 is 11.8 Å². The summed E-state index contributed by atoms with van der Waals surface area (Å²) in [7, 11) is 1.71. The molecule has 0 amide bonds. The Morgan fingerprint density at radius 3 is 2.85 bits per heavy atom. The third kappa shape index (κ3) is 4.07. The van der Waals surface area contributed by atoms with Crippen molar-refractivity contribution in [1.29, 1.82) is 0 Å². The van der Waals surface area contributed by atoms with Crippen molar-refractivity contribution in [2.45, 2.75) is 31.7 Å². The number of hydrogen-bond acceptors (Lipinski definition) is 6. The second kappa shape index (κ2) is 7.81. The molecule has 1 aliphatic rings. The van der Waals surface area contributed by atoms with E-state index < -0.39 is 0 Å². The highest BCUT2D eigenvalue weighted by Gasteiger charge is 2.26. The molecular weight excluding hydrogens is 272 g/mol. The Labute approximate surface area is 125 Å². The lowest BCUT2D eigenvalue weighted by Gasteiger charge is -2.37. The molecule has 5 nitrogen and oxygen atoms in total. The Morgan fingerprint density at radius 1 is 1.40 bits per heavy atom. The first kappa shape index (κ1) is 15.5. The third-order valence-corrected chi connectivity index (χ3v) is 4.98. The highest BCUT2D eigenvalue weighted by Crippen LogP contribution is 2.26. The van der Waals surface area contributed by atoms with Gasteiger partial charge < -0.3 is 15.0 Å². The Balaban J connectivity index is 1.90. The maximum Gasteiger partial charge on any atom is 0.225 e. The van der Waals surface area contributed by atoms with E-state index in [1.54, 1.807) is 7.11 Å². The van der Waals surface area contributed by atoms with E-state index in [9.17, 15) is 0 Å². The Morgan fingerprint density at radius 2 is 2.15 bits per heavy atom. The third-order valence-electron chi connectivity index (χ3n) is 3.64. The average Bonchev–Trinajstić information content (AvgIpc) is 2.47. The van der Waals surface area contributed by atoms with Gasteiger partial charge in [0.15, 0.2) is 0 Å². The van der Waals surface area contributed by atoms with Crippen LogP contribution in [0.4, 0.5) is 5.95 Å². The molecule has 2 heterocycles. The summed E-state index contributed by atoms with van der Waals surface area (Å²) in [5.74, 6) is 2.00. The SMILES string of the molecule is COCCNCc1cnc(N2CCSC(C)C2C)nc1. The van der Waals surface area contributed by atoms with Crippen LogP contribution in [0.15, 0.2) is 12.4 Å². The molecule has 2 unspecified atom stereocenters. The van der Waals surface area contributed by atoms with Gasteiger partial charge in [0.2, 0.25) is 5.95 Å². The van der Waals surface area contributed by atoms with Gasteiger partial charge in [-0.15, -0.1) is 0 Å². The molecule has 6 heteroatoms. The number of anilines is 1. The largest absolute Gasteiger partial charge is 0.383 e. The molecule has 1 saturated heterocycles. The molecule has 112 valence electrons. The lowest BCUT2D eigenvalue weighted by atomic mass is 10.2. The summed E-state index contributed by atoms with van der Waals surface area (Å²) in [5.41, 5.74) is 1.11. The number of thioether (sulfide) groups is 1. The van der Waals surface area contributed by atoms with Gasteiger partial charge in [-0.05, 0) is 6.92 Å². The molecule has 1 N–H and O–H groups in total. The van der Waals surface area contributed by atoms with Gasteiger partial charge in [-0.1, -0.05) is 6.92 Å². The quantitative estimate of drug-likeness (QED) is 0.804. The van der Waals surface area contributed by atoms with Gasteiger partial charge in [0.05, 0.1) is 6.61 Å². The molecule has 2 atom stereocenters. The van der Waals surface area contributed by atoms with Gasteiger partial charge in [-0.3, -0.25) is 0 Å². The van der Waals surface area contributed by atoms with Crippen molar-refractivity contribution in [3.05, 3.63) is 18.0 Å². The molecule has 0 aliphatic carbocycles. The van der Waals surface area contributed by atoms with Gasteiger partial charge in [-0.2, -0.15) is 11.8 Å². The highest BCUT2D eigenvalue weighted by atomic mass is 32.2. The van der Waals surface area contributed by atoms with Crippen molar-refractivity contribution in [3.8, 4) is 0 Å². The molecule has 1 fully saturated rings. The van der Waals surface area contributed by atoms with Gasteiger partial charge in [0, 0.05) is 61.7 Å². The summed E-state index contributed by atoms with van der Waals surface area (Å²) in [5, 5.41) is 3.92. The smallest absolute Gasteiger partial charge is 0.225 e. The van der Waals surface area contributed by atoms with Gasteiger partial charge in [0.25, 0.3) is 0 Å². The van der Waals surface area contributed by atoms with Gasteiger partial charge in [0.1, 0.15) is 0 Å². The molecule has 0 saturated carbocycles. The van der Waals surface area contributed by atoms with E-state index in [2.05, 4.69) is 34.0 Å². The lowest BCUT2D eigenvalue weighted by molar-refractivity contribution is 0.199. The van der Waals surface area contributed by atoms with Gasteiger partial charge >= 0.3 is 0 Å². The number of hydrogen-bond donors (Lipinski definition) is 1. The van der Waals surface area contributed by atoms with Crippen molar-refractivity contribution < 1.29 is 4.74 Å². The zero-order valence-electron chi connectivity index (χ0n) is 12.5. The Bertz CT molecular complexity index is 401. The second-order valence-electron chi connectivity index (χ2n) is 5.07. The highest BCUT2D eigenvalue weighted by molar-refractivity contribution is 8.00. The van der Waals surface area contributed by atoms with E-state index in [-0.39, 0.29) is 0 Å². The molecule has 0 spiro atoms. The fourth-order valence-corrected chi connectivity index (χ4v) is 3.31. The van der Waals surface area contributed by atoms with Crippen LogP contribution in [0.1, 0.15) is 19.4 Å². The fourth-order valence-electron chi connectivity index (χ4n) is 2.21. The van der Waals surface area contributed by atoms with Gasteiger partial charge in [-0.25, -0.2) is 9.97 Å². The van der Waals surface area contributed by atoms with E-state index in [0.717, 1.165) is 43.5 Å². The minimum absolute atomic E-state index is 0.486. The minimum atomic E-state index is 0.486. The number of ether oxygens (including phenoxy) is 1. The molecule has 0 bridgehead atoms. The number of rotatable bonds is 6. The van der Waals surface area contributed by atoms with E-state index in [1.165, 1.54) is 0 Å². The number of nitrogens with zero attached hydrogens (tertiary/aromatic N) is 3. The summed E-state index contributed by atoms with van der Waals surface area (Å²) in [4.78, 5) is 11.3. The molecule has 1 aromatic heterocycles. The van der Waals surface area contributed by atoms with Crippen molar-refractivity contribution in [2.75, 3.05) is 37.5 Å². The van der Waals surface area contributed by atoms with E-state index in [0.29, 0.717) is 11.3 Å². The van der Waals surface area contributed by atoms with Crippen LogP contribution in [0.5, 0.6) is 0 Å². The lowest BCUT2D eigenvalue weighted by Crippen LogP contribution is -2.45. The zero-order chi connectivity index (χ0) is 14.4. The summed E-state index contributed by atoms with van der Waals surface area (Å²) in [6, 6.07) is 0.486. The van der Waals surface area contributed by atoms with E-state index in [4.69, 9.17) is 4.74 Å². The van der Waals surface area contributed by atoms with Crippen LogP contribution in [0.3, 0.4) is 0 Å². The van der Waals surface area contributed by atoms with Crippen LogP contribution < -0.4 is 10.2 Å². The maximum atomic E-state index is 5.00. The predicted molar refractivity (Wildman–Crippen MR) is 84.3 cm³/mol. The Hall–Kier alpha value is -0.850. The Kier molecular flexibility index (Phi) is 6.06. The predicted octanol–water partition coefficient (Wildman–Crippen LogP) is 1.54. The molecule has 0 radical (unpaired) electrons.